The Hall–Kier alpha value is -2.54. The Balaban J connectivity index is 2.26. The third-order valence-electron chi connectivity index (χ3n) is 4.59. The van der Waals surface area contributed by atoms with Crippen molar-refractivity contribution in [2.75, 3.05) is 4.90 Å². The van der Waals surface area contributed by atoms with Crippen molar-refractivity contribution < 1.29 is 0 Å². The van der Waals surface area contributed by atoms with Gasteiger partial charge in [-0.3, -0.25) is 0 Å². The quantitative estimate of drug-likeness (QED) is 0.513. The fraction of sp³-hybridized carbons (Fsp3) is 0.217. The lowest BCUT2D eigenvalue weighted by molar-refractivity contribution is 1.03. The van der Waals surface area contributed by atoms with Crippen LogP contribution in [0.4, 0.5) is 17.1 Å². The molecule has 0 aliphatic carbocycles. The van der Waals surface area contributed by atoms with Crippen molar-refractivity contribution in [1.82, 2.24) is 0 Å². The molecule has 0 unspecified atom stereocenters. The summed E-state index contributed by atoms with van der Waals surface area (Å²) in [6.07, 6.45) is 2.10. The minimum Gasteiger partial charge on any atom is -0.310 e. The van der Waals surface area contributed by atoms with E-state index in [0.29, 0.717) is 0 Å². The Morgan fingerprint density at radius 1 is 0.667 bits per heavy atom. The normalized spacial score (nSPS) is 10.6. The fourth-order valence-corrected chi connectivity index (χ4v) is 3.37. The van der Waals surface area contributed by atoms with Gasteiger partial charge in [-0.1, -0.05) is 62.4 Å². The highest BCUT2D eigenvalue weighted by Crippen LogP contribution is 2.39. The lowest BCUT2D eigenvalue weighted by atomic mass is 9.99. The number of para-hydroxylation sites is 2. The molecule has 0 bridgehead atoms. The molecule has 0 radical (unpaired) electrons. The zero-order valence-electron chi connectivity index (χ0n) is 14.8. The van der Waals surface area contributed by atoms with Crippen molar-refractivity contribution >= 4 is 17.1 Å². The molecule has 0 fully saturated rings. The van der Waals surface area contributed by atoms with Crippen molar-refractivity contribution in [3.05, 3.63) is 89.5 Å². The predicted octanol–water partition coefficient (Wildman–Crippen LogP) is 6.59. The Labute approximate surface area is 145 Å². The maximum atomic E-state index is 2.40. The van der Waals surface area contributed by atoms with Crippen LogP contribution in [0, 0.1) is 6.92 Å². The van der Waals surface area contributed by atoms with E-state index >= 15 is 0 Å². The first-order valence-corrected chi connectivity index (χ1v) is 8.77. The largest absolute Gasteiger partial charge is 0.310 e. The van der Waals surface area contributed by atoms with Gasteiger partial charge < -0.3 is 4.90 Å². The van der Waals surface area contributed by atoms with Crippen molar-refractivity contribution in [1.29, 1.82) is 0 Å². The molecule has 24 heavy (non-hydrogen) atoms. The third kappa shape index (κ3) is 3.07. The molecule has 0 atom stereocenters. The van der Waals surface area contributed by atoms with Gasteiger partial charge >= 0.3 is 0 Å². The predicted molar refractivity (Wildman–Crippen MR) is 105 cm³/mol. The minimum atomic E-state index is 1.04. The molecule has 0 amide bonds. The van der Waals surface area contributed by atoms with Crippen LogP contribution < -0.4 is 4.90 Å². The zero-order chi connectivity index (χ0) is 16.9. The molecule has 122 valence electrons. The van der Waals surface area contributed by atoms with E-state index in [-0.39, 0.29) is 0 Å². The molecule has 0 aliphatic rings. The van der Waals surface area contributed by atoms with Crippen LogP contribution in [0.15, 0.2) is 72.8 Å². The molecule has 1 nitrogen and oxygen atoms in total. The molecule has 3 aromatic carbocycles. The number of anilines is 3. The van der Waals surface area contributed by atoms with Crippen LogP contribution in [0.3, 0.4) is 0 Å². The highest BCUT2D eigenvalue weighted by molar-refractivity contribution is 5.80. The Morgan fingerprint density at radius 3 is 2.00 bits per heavy atom. The second kappa shape index (κ2) is 7.35. The molecule has 0 aromatic heterocycles. The van der Waals surface area contributed by atoms with Gasteiger partial charge in [-0.05, 0) is 60.7 Å². The summed E-state index contributed by atoms with van der Waals surface area (Å²) in [6.45, 7) is 6.67. The third-order valence-corrected chi connectivity index (χ3v) is 4.59. The lowest BCUT2D eigenvalue weighted by Crippen LogP contribution is -2.14. The molecule has 0 heterocycles. The summed E-state index contributed by atoms with van der Waals surface area (Å²) in [6, 6.07) is 25.9. The molecule has 0 aliphatic heterocycles. The van der Waals surface area contributed by atoms with Crippen LogP contribution in [-0.4, -0.2) is 0 Å². The summed E-state index contributed by atoms with van der Waals surface area (Å²) in [5, 5.41) is 0. The van der Waals surface area contributed by atoms with E-state index in [1.54, 1.807) is 0 Å². The van der Waals surface area contributed by atoms with E-state index in [0.717, 1.165) is 12.8 Å². The smallest absolute Gasteiger partial charge is 0.0496 e. The first-order valence-electron chi connectivity index (χ1n) is 8.77. The summed E-state index contributed by atoms with van der Waals surface area (Å²) in [5.41, 5.74) is 7.89. The number of hydrogen-bond donors (Lipinski definition) is 0. The highest BCUT2D eigenvalue weighted by atomic mass is 15.1. The number of aryl methyl sites for hydroxylation is 2. The van der Waals surface area contributed by atoms with Gasteiger partial charge in [0.1, 0.15) is 0 Å². The van der Waals surface area contributed by atoms with Crippen LogP contribution in [0.2, 0.25) is 0 Å². The standard InChI is InChI=1S/C23H25N/c1-4-19-13-11-17-23(21(19)5-2)24(20-14-7-6-8-15-20)22-16-10-9-12-18(22)3/h6-17H,4-5H2,1-3H3. The van der Waals surface area contributed by atoms with Gasteiger partial charge in [0.15, 0.2) is 0 Å². The van der Waals surface area contributed by atoms with Crippen LogP contribution >= 0.6 is 0 Å². The summed E-state index contributed by atoms with van der Waals surface area (Å²) < 4.78 is 0. The summed E-state index contributed by atoms with van der Waals surface area (Å²) in [4.78, 5) is 2.40. The SMILES string of the molecule is CCc1cccc(N(c2ccccc2)c2ccccc2C)c1CC. The van der Waals surface area contributed by atoms with Gasteiger partial charge in [0, 0.05) is 17.1 Å². The second-order valence-corrected chi connectivity index (χ2v) is 6.08. The maximum Gasteiger partial charge on any atom is 0.0496 e. The second-order valence-electron chi connectivity index (χ2n) is 6.08. The van der Waals surface area contributed by atoms with E-state index in [1.165, 1.54) is 33.8 Å². The minimum absolute atomic E-state index is 1.04. The average molecular weight is 315 g/mol. The van der Waals surface area contributed by atoms with Crippen molar-refractivity contribution in [3.8, 4) is 0 Å². The summed E-state index contributed by atoms with van der Waals surface area (Å²) >= 11 is 0. The van der Waals surface area contributed by atoms with Crippen LogP contribution in [0.1, 0.15) is 30.5 Å². The molecule has 0 N–H and O–H groups in total. The van der Waals surface area contributed by atoms with Gasteiger partial charge in [-0.25, -0.2) is 0 Å². The molecule has 0 saturated carbocycles. The van der Waals surface area contributed by atoms with Gasteiger partial charge in [-0.15, -0.1) is 0 Å². The summed E-state index contributed by atoms with van der Waals surface area (Å²) in [5.74, 6) is 0. The van der Waals surface area contributed by atoms with E-state index in [2.05, 4.69) is 98.5 Å². The van der Waals surface area contributed by atoms with Crippen LogP contribution in [0.5, 0.6) is 0 Å². The van der Waals surface area contributed by atoms with Crippen molar-refractivity contribution in [2.45, 2.75) is 33.6 Å². The number of nitrogens with zero attached hydrogens (tertiary/aromatic N) is 1. The molecule has 3 aromatic rings. The Morgan fingerprint density at radius 2 is 1.33 bits per heavy atom. The van der Waals surface area contributed by atoms with Crippen LogP contribution in [-0.2, 0) is 12.8 Å². The Kier molecular flexibility index (Phi) is 5.00. The van der Waals surface area contributed by atoms with E-state index in [9.17, 15) is 0 Å². The number of hydrogen-bond acceptors (Lipinski definition) is 1. The molecule has 0 saturated heterocycles. The van der Waals surface area contributed by atoms with Gasteiger partial charge in [0.05, 0.1) is 0 Å². The Bertz CT molecular complexity index is 805. The maximum absolute atomic E-state index is 2.40. The first kappa shape index (κ1) is 16.3. The summed E-state index contributed by atoms with van der Waals surface area (Å²) in [7, 11) is 0. The van der Waals surface area contributed by atoms with Crippen LogP contribution in [0.25, 0.3) is 0 Å². The highest BCUT2D eigenvalue weighted by Gasteiger charge is 2.17. The zero-order valence-corrected chi connectivity index (χ0v) is 14.8. The topological polar surface area (TPSA) is 3.24 Å². The molecule has 3 rings (SSSR count). The molecule has 0 spiro atoms. The fourth-order valence-electron chi connectivity index (χ4n) is 3.37. The number of rotatable bonds is 5. The lowest BCUT2D eigenvalue weighted by Gasteiger charge is -2.29. The number of benzene rings is 3. The van der Waals surface area contributed by atoms with Crippen molar-refractivity contribution in [2.24, 2.45) is 0 Å². The first-order chi connectivity index (χ1) is 11.8. The van der Waals surface area contributed by atoms with E-state index < -0.39 is 0 Å². The molecule has 1 heteroatoms. The van der Waals surface area contributed by atoms with E-state index in [1.807, 2.05) is 0 Å². The molecular weight excluding hydrogens is 290 g/mol. The monoisotopic (exact) mass is 315 g/mol. The van der Waals surface area contributed by atoms with Gasteiger partial charge in [0.25, 0.3) is 0 Å². The van der Waals surface area contributed by atoms with Gasteiger partial charge in [0.2, 0.25) is 0 Å². The molecular formula is C23H25N. The van der Waals surface area contributed by atoms with Gasteiger partial charge in [-0.2, -0.15) is 0 Å². The van der Waals surface area contributed by atoms with Crippen molar-refractivity contribution in [3.63, 3.8) is 0 Å². The average Bonchev–Trinajstić information content (AvgIpc) is 2.64. The van der Waals surface area contributed by atoms with E-state index in [4.69, 9.17) is 0 Å².